The Morgan fingerprint density at radius 1 is 0.455 bits per heavy atom. The van der Waals surface area contributed by atoms with E-state index in [9.17, 15) is 74.6 Å². The molecule has 0 saturated carbocycles. The molecule has 0 saturated heterocycles. The van der Waals surface area contributed by atoms with Crippen LogP contribution in [0.3, 0.4) is 0 Å². The Balaban J connectivity index is 3.68. The molecule has 0 radical (unpaired) electrons. The molecule has 0 atom stereocenters. The first-order chi connectivity index (χ1) is 14.3. The maximum Gasteiger partial charge on any atom is 0.460 e. The second-order valence-electron chi connectivity index (χ2n) is 6.57. The molecule has 0 bridgehead atoms. The minimum absolute atomic E-state index is 0.0362. The molecule has 0 aliphatic carbocycles. The van der Waals surface area contributed by atoms with Crippen molar-refractivity contribution < 1.29 is 74.6 Å². The third-order valence-electron chi connectivity index (χ3n) is 4.45. The number of hydrogen-bond donors (Lipinski definition) is 0. The zero-order valence-electron chi connectivity index (χ0n) is 15.4. The summed E-state index contributed by atoms with van der Waals surface area (Å²) in [6, 6.07) is 1.10. The van der Waals surface area contributed by atoms with Crippen LogP contribution in [0.2, 0.25) is 0 Å². The Morgan fingerprint density at radius 2 is 0.758 bits per heavy atom. The molecule has 17 heteroatoms. The number of hydrogen-bond acceptors (Lipinski definition) is 0. The summed E-state index contributed by atoms with van der Waals surface area (Å²) in [5, 5.41) is 0. The Hall–Kier alpha value is -1.97. The topological polar surface area (TPSA) is 0 Å². The van der Waals surface area contributed by atoms with E-state index in [0.717, 1.165) is 0 Å². The lowest BCUT2D eigenvalue weighted by Gasteiger charge is -2.42. The van der Waals surface area contributed by atoms with Crippen LogP contribution < -0.4 is 0 Å². The Bertz CT molecular complexity index is 832. The first kappa shape index (κ1) is 29.1. The molecule has 0 unspecified atom stereocenters. The number of halogens is 17. The molecule has 192 valence electrons. The molecule has 0 N–H and O–H groups in total. The van der Waals surface area contributed by atoms with Gasteiger partial charge in [0.1, 0.15) is 0 Å². The van der Waals surface area contributed by atoms with E-state index in [1.54, 1.807) is 0 Å². The first-order valence-corrected chi connectivity index (χ1v) is 8.09. The normalized spacial score (nSPS) is 15.7. The molecule has 1 aromatic rings. The van der Waals surface area contributed by atoms with Crippen molar-refractivity contribution in [3.05, 3.63) is 35.4 Å². The van der Waals surface area contributed by atoms with E-state index in [4.69, 9.17) is 0 Å². The van der Waals surface area contributed by atoms with Gasteiger partial charge in [0.15, 0.2) is 0 Å². The molecule has 0 aliphatic heterocycles. The highest BCUT2D eigenvalue weighted by Gasteiger charge is 2.95. The fourth-order valence-corrected chi connectivity index (χ4v) is 2.29. The number of alkyl halides is 17. The van der Waals surface area contributed by atoms with E-state index in [1.807, 2.05) is 0 Å². The van der Waals surface area contributed by atoms with Crippen molar-refractivity contribution in [1.82, 2.24) is 0 Å². The average molecular weight is 524 g/mol. The summed E-state index contributed by atoms with van der Waals surface area (Å²) in [5.41, 5.74) is -2.12. The summed E-state index contributed by atoms with van der Waals surface area (Å²) in [7, 11) is 0. The molecule has 33 heavy (non-hydrogen) atoms. The Morgan fingerprint density at radius 3 is 1.06 bits per heavy atom. The van der Waals surface area contributed by atoms with Gasteiger partial charge >= 0.3 is 47.6 Å². The van der Waals surface area contributed by atoms with Crippen molar-refractivity contribution in [2.24, 2.45) is 0 Å². The van der Waals surface area contributed by atoms with Crippen LogP contribution in [0.25, 0.3) is 0 Å². The SMILES string of the molecule is CCc1ccc(C(F)(F)C(F)(F)C(F)(F)C(F)(F)C(F)(F)C(F)(F)C(F)(F)C(F)(F)F)cc1. The van der Waals surface area contributed by atoms with Crippen molar-refractivity contribution in [2.75, 3.05) is 0 Å². The van der Waals surface area contributed by atoms with Crippen LogP contribution in [-0.4, -0.2) is 41.7 Å². The van der Waals surface area contributed by atoms with Gasteiger partial charge in [-0.25, -0.2) is 0 Å². The van der Waals surface area contributed by atoms with Gasteiger partial charge in [-0.05, 0) is 12.0 Å². The van der Waals surface area contributed by atoms with Gasteiger partial charge in [-0.1, -0.05) is 31.2 Å². The maximum absolute atomic E-state index is 14.0. The van der Waals surface area contributed by atoms with E-state index in [0.29, 0.717) is 12.1 Å². The average Bonchev–Trinajstić information content (AvgIpc) is 2.66. The fourth-order valence-electron chi connectivity index (χ4n) is 2.29. The van der Waals surface area contributed by atoms with Crippen molar-refractivity contribution >= 4 is 0 Å². The highest BCUT2D eigenvalue weighted by molar-refractivity contribution is 5.29. The molecule has 0 nitrogen and oxygen atoms in total. The van der Waals surface area contributed by atoms with Crippen molar-refractivity contribution in [2.45, 2.75) is 61.0 Å². The highest BCUT2D eigenvalue weighted by Crippen LogP contribution is 2.64. The van der Waals surface area contributed by atoms with Crippen molar-refractivity contribution in [1.29, 1.82) is 0 Å². The molecular weight excluding hydrogens is 515 g/mol. The van der Waals surface area contributed by atoms with Gasteiger partial charge in [0.05, 0.1) is 0 Å². The molecular formula is C16H9F17. The summed E-state index contributed by atoms with van der Waals surface area (Å²) >= 11 is 0. The number of aryl methyl sites for hydroxylation is 1. The van der Waals surface area contributed by atoms with Gasteiger partial charge in [-0.15, -0.1) is 0 Å². The number of rotatable bonds is 8. The van der Waals surface area contributed by atoms with E-state index >= 15 is 0 Å². The lowest BCUT2D eigenvalue weighted by atomic mass is 9.87. The zero-order valence-corrected chi connectivity index (χ0v) is 15.4. The van der Waals surface area contributed by atoms with Crippen LogP contribution in [0.1, 0.15) is 18.1 Å². The second-order valence-corrected chi connectivity index (χ2v) is 6.57. The summed E-state index contributed by atoms with van der Waals surface area (Å²) < 4.78 is 225. The molecule has 0 fully saturated rings. The van der Waals surface area contributed by atoms with Gasteiger partial charge in [-0.2, -0.15) is 74.6 Å². The summed E-state index contributed by atoms with van der Waals surface area (Å²) in [6.45, 7) is 1.38. The minimum Gasteiger partial charge on any atom is -0.194 e. The molecule has 1 rings (SSSR count). The highest BCUT2D eigenvalue weighted by atomic mass is 19.4. The zero-order chi connectivity index (χ0) is 26.7. The molecule has 0 aromatic heterocycles. The van der Waals surface area contributed by atoms with Crippen LogP contribution in [0, 0.1) is 0 Å². The summed E-state index contributed by atoms with van der Waals surface area (Å²) in [6.07, 6.45) is -7.72. The lowest BCUT2D eigenvalue weighted by molar-refractivity contribution is -0.462. The standard InChI is InChI=1S/C16H9F17/c1-2-7-3-5-8(6-4-7)9(17,18)10(19,20)11(21,22)12(23,24)13(25,26)14(27,28)15(29,30)16(31,32)33/h3-6H,2H2,1H3. The van der Waals surface area contributed by atoms with Crippen LogP contribution >= 0.6 is 0 Å². The van der Waals surface area contributed by atoms with E-state index in [2.05, 4.69) is 0 Å². The minimum atomic E-state index is -8.62. The van der Waals surface area contributed by atoms with Crippen LogP contribution in [-0.2, 0) is 12.3 Å². The van der Waals surface area contributed by atoms with Crippen LogP contribution in [0.4, 0.5) is 74.6 Å². The smallest absolute Gasteiger partial charge is 0.194 e. The van der Waals surface area contributed by atoms with Gasteiger partial charge in [0, 0.05) is 5.56 Å². The molecule has 0 aliphatic rings. The monoisotopic (exact) mass is 524 g/mol. The van der Waals surface area contributed by atoms with Gasteiger partial charge in [0.2, 0.25) is 0 Å². The Kier molecular flexibility index (Phi) is 6.85. The number of benzene rings is 1. The first-order valence-electron chi connectivity index (χ1n) is 8.09. The molecule has 1 aromatic carbocycles. The third kappa shape index (κ3) is 3.78. The van der Waals surface area contributed by atoms with Gasteiger partial charge in [0.25, 0.3) is 0 Å². The van der Waals surface area contributed by atoms with E-state index < -0.39 is 53.2 Å². The molecule has 0 amide bonds. The maximum atomic E-state index is 14.0. The third-order valence-corrected chi connectivity index (χ3v) is 4.45. The predicted octanol–water partition coefficient (Wildman–Crippen LogP) is 7.71. The summed E-state index contributed by atoms with van der Waals surface area (Å²) in [5.74, 6) is -56.4. The van der Waals surface area contributed by atoms with Crippen LogP contribution in [0.5, 0.6) is 0 Å². The van der Waals surface area contributed by atoms with E-state index in [1.165, 1.54) is 6.92 Å². The predicted molar refractivity (Wildman–Crippen MR) is 75.5 cm³/mol. The van der Waals surface area contributed by atoms with Crippen LogP contribution in [0.15, 0.2) is 24.3 Å². The molecule has 0 spiro atoms. The van der Waals surface area contributed by atoms with Gasteiger partial charge in [-0.3, -0.25) is 0 Å². The fraction of sp³-hybridized carbons (Fsp3) is 0.625. The van der Waals surface area contributed by atoms with Crippen molar-refractivity contribution in [3.8, 4) is 0 Å². The van der Waals surface area contributed by atoms with Gasteiger partial charge < -0.3 is 0 Å². The Labute approximate surface area is 172 Å². The summed E-state index contributed by atoms with van der Waals surface area (Å²) in [4.78, 5) is 0. The largest absolute Gasteiger partial charge is 0.460 e. The second kappa shape index (κ2) is 7.78. The molecule has 0 heterocycles. The lowest BCUT2D eigenvalue weighted by Crippen LogP contribution is -2.74. The van der Waals surface area contributed by atoms with Crippen molar-refractivity contribution in [3.63, 3.8) is 0 Å². The van der Waals surface area contributed by atoms with E-state index in [-0.39, 0.29) is 24.1 Å². The quantitative estimate of drug-likeness (QED) is 0.306.